The molecule has 1 atom stereocenters. The van der Waals surface area contributed by atoms with Crippen LogP contribution < -0.4 is 5.32 Å². The maximum atomic E-state index is 13.6. The summed E-state index contributed by atoms with van der Waals surface area (Å²) < 4.78 is 15.4. The zero-order valence-corrected chi connectivity index (χ0v) is 18.5. The van der Waals surface area contributed by atoms with Crippen LogP contribution in [0.25, 0.3) is 0 Å². The van der Waals surface area contributed by atoms with Gasteiger partial charge in [0.1, 0.15) is 17.6 Å². The van der Waals surface area contributed by atoms with E-state index in [-0.39, 0.29) is 35.6 Å². The van der Waals surface area contributed by atoms with Crippen molar-refractivity contribution in [2.75, 3.05) is 18.9 Å². The highest BCUT2D eigenvalue weighted by Gasteiger charge is 2.49. The third-order valence-electron chi connectivity index (χ3n) is 7.03. The van der Waals surface area contributed by atoms with E-state index in [1.807, 2.05) is 6.92 Å². The van der Waals surface area contributed by atoms with Crippen LogP contribution in [0.3, 0.4) is 0 Å². The number of benzene rings is 1. The summed E-state index contributed by atoms with van der Waals surface area (Å²) in [5, 5.41) is 26.4. The molecule has 1 aromatic carbocycles. The van der Waals surface area contributed by atoms with Gasteiger partial charge in [0.25, 0.3) is 5.91 Å². The van der Waals surface area contributed by atoms with E-state index in [0.717, 1.165) is 17.3 Å². The summed E-state index contributed by atoms with van der Waals surface area (Å²) in [5.41, 5.74) is 2.07. The molecule has 5 rings (SSSR count). The average Bonchev–Trinajstić information content (AvgIpc) is 3.03. The first-order valence-corrected chi connectivity index (χ1v) is 11.0. The van der Waals surface area contributed by atoms with Crippen LogP contribution in [0.15, 0.2) is 18.2 Å². The summed E-state index contributed by atoms with van der Waals surface area (Å²) in [4.78, 5) is 29.6. The summed E-state index contributed by atoms with van der Waals surface area (Å²) in [6.45, 7) is 3.26. The number of carbonyl (C=O) groups excluding carboxylic acids is 2. The molecule has 3 amide bonds. The highest BCUT2D eigenvalue weighted by molar-refractivity contribution is 5.95. The molecule has 172 valence electrons. The van der Waals surface area contributed by atoms with Gasteiger partial charge in [0, 0.05) is 49.3 Å². The topological polar surface area (TPSA) is 114 Å². The van der Waals surface area contributed by atoms with Crippen LogP contribution in [0, 0.1) is 22.6 Å². The molecule has 1 aliphatic carbocycles. The lowest BCUT2D eigenvalue weighted by Crippen LogP contribution is -2.49. The Morgan fingerprint density at radius 2 is 2.12 bits per heavy atom. The number of anilines is 1. The molecule has 2 aromatic rings. The van der Waals surface area contributed by atoms with E-state index in [2.05, 4.69) is 5.32 Å². The number of aliphatic hydroxyl groups is 1. The molecule has 2 aliphatic heterocycles. The number of hydrogen-bond donors (Lipinski definition) is 2. The number of nitriles is 1. The number of hydrogen-bond acceptors (Lipinski definition) is 5. The van der Waals surface area contributed by atoms with E-state index >= 15 is 0 Å². The smallest absolute Gasteiger partial charge is 0.322 e. The molecule has 3 heterocycles. The van der Waals surface area contributed by atoms with Crippen molar-refractivity contribution in [2.45, 2.75) is 51.4 Å². The van der Waals surface area contributed by atoms with Gasteiger partial charge in [-0.3, -0.25) is 9.48 Å². The Morgan fingerprint density at radius 3 is 2.82 bits per heavy atom. The van der Waals surface area contributed by atoms with E-state index in [9.17, 15) is 19.1 Å². The minimum atomic E-state index is -0.645. The number of halogens is 1. The molecule has 1 unspecified atom stereocenters. The zero-order chi connectivity index (χ0) is 23.5. The SMILES string of the molecule is CC1Cc2nn3c(c2CN1C(=O)Nc1ccc(F)c(C#N)c1)C(=O)N(C)CC1(CC(O)C1)C3. The van der Waals surface area contributed by atoms with Crippen molar-refractivity contribution in [3.8, 4) is 6.07 Å². The molecule has 3 aliphatic rings. The maximum absolute atomic E-state index is 13.6. The molecule has 1 saturated carbocycles. The molecule has 2 N–H and O–H groups in total. The van der Waals surface area contributed by atoms with Gasteiger partial charge in [-0.2, -0.15) is 10.4 Å². The van der Waals surface area contributed by atoms with Gasteiger partial charge in [-0.25, -0.2) is 9.18 Å². The van der Waals surface area contributed by atoms with Gasteiger partial charge in [0.15, 0.2) is 0 Å². The molecule has 0 radical (unpaired) electrons. The Balaban J connectivity index is 1.42. The van der Waals surface area contributed by atoms with Crippen LogP contribution in [0.5, 0.6) is 0 Å². The van der Waals surface area contributed by atoms with E-state index < -0.39 is 11.8 Å². The predicted octanol–water partition coefficient (Wildman–Crippen LogP) is 2.10. The van der Waals surface area contributed by atoms with Gasteiger partial charge in [-0.15, -0.1) is 0 Å². The summed E-state index contributed by atoms with van der Waals surface area (Å²) in [7, 11) is 1.76. The number of carbonyl (C=O) groups is 2. The molecule has 1 fully saturated rings. The minimum absolute atomic E-state index is 0.130. The molecule has 0 saturated heterocycles. The number of aliphatic hydroxyl groups excluding tert-OH is 1. The fraction of sp³-hybridized carbons (Fsp3) is 0.478. The molecule has 1 aromatic heterocycles. The molecule has 1 spiro atoms. The lowest BCUT2D eigenvalue weighted by atomic mass is 9.66. The van der Waals surface area contributed by atoms with Gasteiger partial charge >= 0.3 is 6.03 Å². The van der Waals surface area contributed by atoms with Crippen molar-refractivity contribution in [1.29, 1.82) is 5.26 Å². The number of fused-ring (bicyclic) bond motifs is 3. The van der Waals surface area contributed by atoms with Crippen molar-refractivity contribution >= 4 is 17.6 Å². The van der Waals surface area contributed by atoms with Crippen molar-refractivity contribution in [3.05, 3.63) is 46.5 Å². The normalized spacial score (nSPS) is 26.2. The summed E-state index contributed by atoms with van der Waals surface area (Å²) in [6, 6.07) is 5.05. The fourth-order valence-corrected chi connectivity index (χ4v) is 5.43. The van der Waals surface area contributed by atoms with E-state index in [4.69, 9.17) is 10.4 Å². The third-order valence-corrected chi connectivity index (χ3v) is 7.03. The average molecular weight is 452 g/mol. The summed E-state index contributed by atoms with van der Waals surface area (Å²) in [5.74, 6) is -0.775. The molecular formula is C23H25FN6O3. The fourth-order valence-electron chi connectivity index (χ4n) is 5.43. The Labute approximate surface area is 190 Å². The van der Waals surface area contributed by atoms with E-state index in [1.54, 1.807) is 27.6 Å². The second-order valence-electron chi connectivity index (χ2n) is 9.57. The number of amides is 3. The van der Waals surface area contributed by atoms with Crippen molar-refractivity contribution in [2.24, 2.45) is 5.41 Å². The van der Waals surface area contributed by atoms with Crippen LogP contribution in [0.4, 0.5) is 14.9 Å². The largest absolute Gasteiger partial charge is 0.393 e. The third kappa shape index (κ3) is 3.53. The van der Waals surface area contributed by atoms with Crippen LogP contribution in [0.2, 0.25) is 0 Å². The first kappa shape index (κ1) is 21.4. The second kappa shape index (κ2) is 7.56. The van der Waals surface area contributed by atoms with Crippen LogP contribution in [-0.4, -0.2) is 62.4 Å². The molecule has 0 bridgehead atoms. The van der Waals surface area contributed by atoms with Crippen LogP contribution in [0.1, 0.15) is 47.1 Å². The first-order chi connectivity index (χ1) is 15.7. The summed E-state index contributed by atoms with van der Waals surface area (Å²) >= 11 is 0. The standard InChI is InChI=1S/C23H25FN6O3/c1-13-5-19-17(10-29(13)22(33)26-15-3-4-18(24)14(6-15)9-25)20-21(32)28(2)11-23(7-16(31)8-23)12-30(20)27-19/h3-4,6,13,16,31H,5,7-8,10-12H2,1-2H3,(H,26,33). The Morgan fingerprint density at radius 1 is 1.36 bits per heavy atom. The quantitative estimate of drug-likeness (QED) is 0.688. The first-order valence-electron chi connectivity index (χ1n) is 11.0. The van der Waals surface area contributed by atoms with Gasteiger partial charge < -0.3 is 20.2 Å². The number of aromatic nitrogens is 2. The number of nitrogens with zero attached hydrogens (tertiary/aromatic N) is 5. The molecular weight excluding hydrogens is 427 g/mol. The lowest BCUT2D eigenvalue weighted by molar-refractivity contribution is -0.0530. The van der Waals surface area contributed by atoms with Gasteiger partial charge in [-0.05, 0) is 38.0 Å². The predicted molar refractivity (Wildman–Crippen MR) is 116 cm³/mol. The van der Waals surface area contributed by atoms with Crippen LogP contribution in [-0.2, 0) is 19.5 Å². The van der Waals surface area contributed by atoms with Crippen molar-refractivity contribution < 1.29 is 19.1 Å². The highest BCUT2D eigenvalue weighted by atomic mass is 19.1. The Hall–Kier alpha value is -3.45. The van der Waals surface area contributed by atoms with Gasteiger partial charge in [0.2, 0.25) is 0 Å². The molecule has 9 nitrogen and oxygen atoms in total. The van der Waals surface area contributed by atoms with E-state index in [0.29, 0.717) is 43.7 Å². The lowest BCUT2D eigenvalue weighted by Gasteiger charge is -2.45. The highest BCUT2D eigenvalue weighted by Crippen LogP contribution is 2.45. The maximum Gasteiger partial charge on any atom is 0.322 e. The monoisotopic (exact) mass is 452 g/mol. The summed E-state index contributed by atoms with van der Waals surface area (Å²) in [6.07, 6.45) is 1.44. The van der Waals surface area contributed by atoms with Gasteiger partial charge in [0.05, 0.1) is 23.9 Å². The minimum Gasteiger partial charge on any atom is -0.393 e. The second-order valence-corrected chi connectivity index (χ2v) is 9.57. The number of urea groups is 1. The van der Waals surface area contributed by atoms with Crippen molar-refractivity contribution in [3.63, 3.8) is 0 Å². The molecule has 10 heteroatoms. The molecule has 33 heavy (non-hydrogen) atoms. The zero-order valence-electron chi connectivity index (χ0n) is 18.5. The van der Waals surface area contributed by atoms with E-state index in [1.165, 1.54) is 12.1 Å². The van der Waals surface area contributed by atoms with Crippen LogP contribution >= 0.6 is 0 Å². The van der Waals surface area contributed by atoms with Gasteiger partial charge in [-0.1, -0.05) is 0 Å². The van der Waals surface area contributed by atoms with Crippen molar-refractivity contribution in [1.82, 2.24) is 19.6 Å². The Kier molecular flexibility index (Phi) is 4.90. The number of rotatable bonds is 1. The number of nitrogens with one attached hydrogen (secondary N) is 1. The Bertz CT molecular complexity index is 1200.